The average molecular weight is 343 g/mol. The van der Waals surface area contributed by atoms with Crippen molar-refractivity contribution < 1.29 is 4.39 Å². The molecule has 0 unspecified atom stereocenters. The molecule has 3 rings (SSSR count). The molecule has 3 aromatic rings. The van der Waals surface area contributed by atoms with Crippen LogP contribution in [0.25, 0.3) is 11.0 Å². The monoisotopic (exact) mass is 343 g/mol. The predicted molar refractivity (Wildman–Crippen MR) is 96.5 cm³/mol. The summed E-state index contributed by atoms with van der Waals surface area (Å²) in [5.74, 6) is 0.245. The highest BCUT2D eigenvalue weighted by molar-refractivity contribution is 5.74. The molecule has 2 aromatic heterocycles. The molecule has 1 N–H and O–H groups in total. The number of hydrogen-bond donors (Lipinski definition) is 1. The van der Waals surface area contributed by atoms with Crippen LogP contribution in [0.15, 0.2) is 35.3 Å². The lowest BCUT2D eigenvalue weighted by atomic mass is 10.1. The number of aromatic nitrogens is 4. The number of likely N-dealkylation sites (N-methyl/N-ethyl adjacent to an activating group) is 1. The second-order valence-corrected chi connectivity index (χ2v) is 7.15. The van der Waals surface area contributed by atoms with Gasteiger partial charge in [0.25, 0.3) is 5.56 Å². The summed E-state index contributed by atoms with van der Waals surface area (Å²) in [6.45, 7) is 6.68. The van der Waals surface area contributed by atoms with Gasteiger partial charge in [0.1, 0.15) is 11.2 Å². The number of halogens is 1. The van der Waals surface area contributed by atoms with Gasteiger partial charge in [-0.2, -0.15) is 10.1 Å². The van der Waals surface area contributed by atoms with Crippen molar-refractivity contribution in [1.29, 1.82) is 0 Å². The summed E-state index contributed by atoms with van der Waals surface area (Å²) in [4.78, 5) is 21.6. The molecule has 0 amide bonds. The van der Waals surface area contributed by atoms with Crippen molar-refractivity contribution in [3.05, 3.63) is 52.2 Å². The second kappa shape index (κ2) is 6.31. The Morgan fingerprint density at radius 2 is 1.92 bits per heavy atom. The van der Waals surface area contributed by atoms with Gasteiger partial charge in [-0.25, -0.2) is 9.07 Å². The van der Waals surface area contributed by atoms with Crippen molar-refractivity contribution in [3.8, 4) is 0 Å². The van der Waals surface area contributed by atoms with Crippen LogP contribution in [-0.4, -0.2) is 33.3 Å². The normalized spacial score (nSPS) is 11.9. The number of benzene rings is 1. The predicted octanol–water partition coefficient (Wildman–Crippen LogP) is 2.69. The lowest BCUT2D eigenvalue weighted by Gasteiger charge is -2.21. The van der Waals surface area contributed by atoms with E-state index in [9.17, 15) is 9.18 Å². The largest absolute Gasteiger partial charge is 0.345 e. The Bertz CT molecular complexity index is 937. The fourth-order valence-electron chi connectivity index (χ4n) is 2.63. The van der Waals surface area contributed by atoms with Crippen molar-refractivity contribution in [2.45, 2.75) is 32.7 Å². The van der Waals surface area contributed by atoms with Crippen LogP contribution in [0.4, 0.5) is 10.3 Å². The molecule has 0 saturated heterocycles. The highest BCUT2D eigenvalue weighted by Gasteiger charge is 2.20. The molecule has 1 aromatic carbocycles. The molecule has 25 heavy (non-hydrogen) atoms. The fourth-order valence-corrected chi connectivity index (χ4v) is 2.63. The molecule has 2 heterocycles. The topological polar surface area (TPSA) is 66.8 Å². The first-order chi connectivity index (χ1) is 11.8. The summed E-state index contributed by atoms with van der Waals surface area (Å²) in [6, 6.07) is 6.42. The number of hydrogen-bond acceptors (Lipinski definition) is 4. The summed E-state index contributed by atoms with van der Waals surface area (Å²) >= 11 is 0. The number of nitrogens with one attached hydrogen (secondary N) is 1. The third-order valence-electron chi connectivity index (χ3n) is 4.07. The van der Waals surface area contributed by atoms with Crippen LogP contribution in [-0.2, 0) is 12.0 Å². The summed E-state index contributed by atoms with van der Waals surface area (Å²) in [6.07, 6.45) is 2.27. The second-order valence-electron chi connectivity index (χ2n) is 7.15. The van der Waals surface area contributed by atoms with E-state index >= 15 is 0 Å². The first-order valence-corrected chi connectivity index (χ1v) is 8.20. The van der Waals surface area contributed by atoms with Crippen molar-refractivity contribution >= 4 is 17.0 Å². The van der Waals surface area contributed by atoms with Crippen LogP contribution in [0.1, 0.15) is 26.3 Å². The minimum Gasteiger partial charge on any atom is -0.345 e. The van der Waals surface area contributed by atoms with Gasteiger partial charge in [0, 0.05) is 13.6 Å². The zero-order chi connectivity index (χ0) is 18.2. The third-order valence-corrected chi connectivity index (χ3v) is 4.07. The van der Waals surface area contributed by atoms with Crippen LogP contribution in [0.3, 0.4) is 0 Å². The lowest BCUT2D eigenvalue weighted by molar-refractivity contribution is 0.366. The Morgan fingerprint density at radius 1 is 1.24 bits per heavy atom. The molecular formula is C18H22FN5O. The average Bonchev–Trinajstić information content (AvgIpc) is 2.98. The first-order valence-electron chi connectivity index (χ1n) is 8.20. The number of nitrogens with zero attached hydrogens (tertiary/aromatic N) is 4. The quantitative estimate of drug-likeness (QED) is 0.791. The molecule has 0 aliphatic heterocycles. The molecule has 0 radical (unpaired) electrons. The van der Waals surface area contributed by atoms with Crippen LogP contribution in [0.2, 0.25) is 0 Å². The smallest absolute Gasteiger partial charge is 0.263 e. The Kier molecular flexibility index (Phi) is 4.32. The molecule has 0 fully saturated rings. The van der Waals surface area contributed by atoms with Gasteiger partial charge in [0.2, 0.25) is 5.95 Å². The summed E-state index contributed by atoms with van der Waals surface area (Å²) in [5, 5.41) is 4.79. The molecule has 6 nitrogen and oxygen atoms in total. The number of aromatic amines is 1. The fraction of sp³-hybridized carbons (Fsp3) is 0.389. The van der Waals surface area contributed by atoms with E-state index in [1.807, 2.05) is 32.7 Å². The Labute approximate surface area is 145 Å². The summed E-state index contributed by atoms with van der Waals surface area (Å²) in [7, 11) is 1.87. The van der Waals surface area contributed by atoms with E-state index in [2.05, 4.69) is 15.1 Å². The number of anilines is 1. The summed E-state index contributed by atoms with van der Waals surface area (Å²) in [5.41, 5.74) is 1.12. The van der Waals surface area contributed by atoms with E-state index in [1.165, 1.54) is 12.1 Å². The van der Waals surface area contributed by atoms with E-state index in [-0.39, 0.29) is 16.9 Å². The highest BCUT2D eigenvalue weighted by Crippen LogP contribution is 2.19. The van der Waals surface area contributed by atoms with E-state index in [1.54, 1.807) is 23.0 Å². The van der Waals surface area contributed by atoms with Crippen molar-refractivity contribution in [2.75, 3.05) is 18.5 Å². The van der Waals surface area contributed by atoms with Crippen molar-refractivity contribution in [1.82, 2.24) is 19.7 Å². The molecule has 0 atom stereocenters. The highest BCUT2D eigenvalue weighted by atomic mass is 19.1. The Hall–Kier alpha value is -2.70. The lowest BCUT2D eigenvalue weighted by Crippen LogP contribution is -2.27. The van der Waals surface area contributed by atoms with Gasteiger partial charge in [0.15, 0.2) is 5.65 Å². The molecular weight excluding hydrogens is 321 g/mol. The van der Waals surface area contributed by atoms with Crippen molar-refractivity contribution in [3.63, 3.8) is 0 Å². The minimum absolute atomic E-state index is 0.205. The molecule has 0 spiro atoms. The summed E-state index contributed by atoms with van der Waals surface area (Å²) < 4.78 is 14.7. The van der Waals surface area contributed by atoms with Gasteiger partial charge < -0.3 is 4.90 Å². The Morgan fingerprint density at radius 3 is 2.56 bits per heavy atom. The molecule has 0 aliphatic rings. The van der Waals surface area contributed by atoms with Gasteiger partial charge in [0.05, 0.1) is 11.7 Å². The molecule has 0 bridgehead atoms. The zero-order valence-electron chi connectivity index (χ0n) is 14.9. The van der Waals surface area contributed by atoms with Gasteiger partial charge in [-0.1, -0.05) is 12.1 Å². The van der Waals surface area contributed by atoms with E-state index in [4.69, 9.17) is 0 Å². The maximum absolute atomic E-state index is 13.0. The van der Waals surface area contributed by atoms with Crippen LogP contribution in [0, 0.1) is 5.82 Å². The van der Waals surface area contributed by atoms with Gasteiger partial charge >= 0.3 is 0 Å². The number of fused-ring (bicyclic) bond motifs is 1. The zero-order valence-corrected chi connectivity index (χ0v) is 14.9. The molecule has 0 saturated carbocycles. The van der Waals surface area contributed by atoms with Crippen molar-refractivity contribution in [2.24, 2.45) is 0 Å². The molecule has 7 heteroatoms. The van der Waals surface area contributed by atoms with Crippen LogP contribution >= 0.6 is 0 Å². The van der Waals surface area contributed by atoms with Crippen LogP contribution < -0.4 is 10.5 Å². The maximum Gasteiger partial charge on any atom is 0.263 e. The SMILES string of the molecule is CN(CCc1ccc(F)cc1)c1nc2c(cnn2C(C)(C)C)c(=O)[nH]1. The number of rotatable bonds is 4. The van der Waals surface area contributed by atoms with Gasteiger partial charge in [-0.05, 0) is 44.9 Å². The van der Waals surface area contributed by atoms with E-state index in [0.717, 1.165) is 12.0 Å². The minimum atomic E-state index is -0.271. The Balaban J connectivity index is 1.87. The van der Waals surface area contributed by atoms with Gasteiger partial charge in [-0.15, -0.1) is 0 Å². The maximum atomic E-state index is 13.0. The molecule has 132 valence electrons. The van der Waals surface area contributed by atoms with E-state index in [0.29, 0.717) is 23.5 Å². The standard InChI is InChI=1S/C18H22FN5O/c1-18(2,3)24-15-14(11-20-24)16(25)22-17(21-15)23(4)10-9-12-5-7-13(19)8-6-12/h5-8,11H,9-10H2,1-4H3,(H,21,22,25). The van der Waals surface area contributed by atoms with Crippen LogP contribution in [0.5, 0.6) is 0 Å². The third kappa shape index (κ3) is 3.55. The first kappa shape index (κ1) is 17.1. The van der Waals surface area contributed by atoms with Gasteiger partial charge in [-0.3, -0.25) is 9.78 Å². The number of H-pyrrole nitrogens is 1. The molecule has 0 aliphatic carbocycles. The van der Waals surface area contributed by atoms with E-state index < -0.39 is 0 Å².